The van der Waals surface area contributed by atoms with Crippen LogP contribution in [0.1, 0.15) is 19.3 Å². The summed E-state index contributed by atoms with van der Waals surface area (Å²) in [6, 6.07) is 0.458. The van der Waals surface area contributed by atoms with Gasteiger partial charge in [0.2, 0.25) is 0 Å². The van der Waals surface area contributed by atoms with Crippen LogP contribution in [0, 0.1) is 11.3 Å². The van der Waals surface area contributed by atoms with Crippen LogP contribution in [0.3, 0.4) is 0 Å². The summed E-state index contributed by atoms with van der Waals surface area (Å²) < 4.78 is 5.08. The molecule has 5 aliphatic rings. The van der Waals surface area contributed by atoms with Gasteiger partial charge in [-0.2, -0.15) is 0 Å². The number of rotatable bonds is 0. The van der Waals surface area contributed by atoms with Gasteiger partial charge in [-0.1, -0.05) is 18.2 Å². The van der Waals surface area contributed by atoms with Crippen LogP contribution in [0.5, 0.6) is 0 Å². The molecule has 2 N–H and O–H groups in total. The molecule has 2 heterocycles. The number of piperidine rings is 1. The maximum Gasteiger partial charge on any atom is 0.180 e. The summed E-state index contributed by atoms with van der Waals surface area (Å²) in [4.78, 5) is 2.44. The predicted octanol–water partition coefficient (Wildman–Crippen LogP) is 1.69. The number of ether oxygens (including phenoxy) is 1. The van der Waals surface area contributed by atoms with E-state index in [1.54, 1.807) is 0 Å². The highest BCUT2D eigenvalue weighted by molar-refractivity contribution is 9.10. The van der Waals surface area contributed by atoms with Gasteiger partial charge in [-0.3, -0.25) is 0 Å². The Bertz CT molecular complexity index is 652. The van der Waals surface area contributed by atoms with Crippen LogP contribution in [0.15, 0.2) is 35.1 Å². The van der Waals surface area contributed by atoms with Crippen molar-refractivity contribution in [1.82, 2.24) is 4.90 Å². The fourth-order valence-electron chi connectivity index (χ4n) is 5.46. The molecule has 0 aromatic rings. The van der Waals surface area contributed by atoms with Gasteiger partial charge in [0, 0.05) is 29.4 Å². The zero-order valence-electron chi connectivity index (χ0n) is 12.5. The maximum absolute atomic E-state index is 10.7. The highest BCUT2D eigenvalue weighted by Gasteiger charge is 2.67. The first-order chi connectivity index (χ1) is 10.4. The highest BCUT2D eigenvalue weighted by Crippen LogP contribution is 2.66. The van der Waals surface area contributed by atoms with Crippen LogP contribution in [0.2, 0.25) is 0 Å². The second kappa shape index (κ2) is 4.07. The van der Waals surface area contributed by atoms with E-state index in [2.05, 4.69) is 40.0 Å². The molecule has 118 valence electrons. The number of aliphatic hydroxyl groups excluding tert-OH is 1. The third kappa shape index (κ3) is 1.40. The van der Waals surface area contributed by atoms with E-state index in [0.717, 1.165) is 19.4 Å². The molecule has 5 heteroatoms. The lowest BCUT2D eigenvalue weighted by molar-refractivity contribution is -0.0958. The van der Waals surface area contributed by atoms with Crippen LogP contribution in [-0.4, -0.2) is 51.5 Å². The van der Waals surface area contributed by atoms with Gasteiger partial charge in [0.1, 0.15) is 18.0 Å². The summed E-state index contributed by atoms with van der Waals surface area (Å²) >= 11 is 3.44. The molecule has 2 fully saturated rings. The van der Waals surface area contributed by atoms with Gasteiger partial charge in [-0.15, -0.1) is 0 Å². The number of nitrogens with zero attached hydrogens (tertiary/aromatic N) is 1. The molecule has 1 unspecified atom stereocenters. The van der Waals surface area contributed by atoms with Gasteiger partial charge in [0.05, 0.1) is 0 Å². The highest BCUT2D eigenvalue weighted by atomic mass is 79.9. The molecular weight excluding hydrogens is 346 g/mol. The topological polar surface area (TPSA) is 52.9 Å². The fourth-order valence-corrected chi connectivity index (χ4v) is 5.92. The molecular formula is C17H20BrNO3. The molecule has 1 spiro atoms. The number of aliphatic hydroxyl groups is 2. The number of hydrogen-bond acceptors (Lipinski definition) is 4. The lowest BCUT2D eigenvalue weighted by Gasteiger charge is -2.58. The minimum atomic E-state index is -1.13. The van der Waals surface area contributed by atoms with Crippen molar-refractivity contribution < 1.29 is 14.9 Å². The lowest BCUT2D eigenvalue weighted by Crippen LogP contribution is -2.62. The van der Waals surface area contributed by atoms with E-state index >= 15 is 0 Å². The van der Waals surface area contributed by atoms with Crippen molar-refractivity contribution >= 4 is 15.9 Å². The van der Waals surface area contributed by atoms with Crippen molar-refractivity contribution in [3.63, 3.8) is 0 Å². The predicted molar refractivity (Wildman–Crippen MR) is 85.2 cm³/mol. The standard InChI is InChI=1S/C17H20BrNO3/c1-19-7-6-16-10-2-3-12(20)14(16)22-15-13(16)9(8-11(10)19)4-5-17(15,18)21/h2-4,10-12,14,20-21H,5-8H2,1H3/t10-,11+,12-,14-,16-,17?/m0/s1. The molecule has 4 nitrogen and oxygen atoms in total. The Kier molecular flexibility index (Phi) is 2.55. The average molecular weight is 366 g/mol. The van der Waals surface area contributed by atoms with Crippen LogP contribution >= 0.6 is 15.9 Å². The molecule has 3 aliphatic carbocycles. The smallest absolute Gasteiger partial charge is 0.180 e. The second-order valence-corrected chi connectivity index (χ2v) is 8.69. The maximum atomic E-state index is 10.7. The van der Waals surface area contributed by atoms with Crippen molar-refractivity contribution in [2.75, 3.05) is 13.6 Å². The fraction of sp³-hybridized carbons (Fsp3) is 0.647. The third-order valence-electron chi connectivity index (χ3n) is 6.44. The minimum Gasteiger partial charge on any atom is -0.486 e. The Hall–Kier alpha value is -0.620. The summed E-state index contributed by atoms with van der Waals surface area (Å²) in [7, 11) is 2.20. The molecule has 1 saturated heterocycles. The van der Waals surface area contributed by atoms with Gasteiger partial charge in [-0.25, -0.2) is 0 Å². The van der Waals surface area contributed by atoms with Crippen LogP contribution in [-0.2, 0) is 4.74 Å². The normalized spacial score (nSPS) is 52.3. The summed E-state index contributed by atoms with van der Waals surface area (Å²) in [5.74, 6) is 1.01. The molecule has 2 aliphatic heterocycles. The third-order valence-corrected chi connectivity index (χ3v) is 7.13. The monoisotopic (exact) mass is 365 g/mol. The largest absolute Gasteiger partial charge is 0.486 e. The molecule has 0 aromatic heterocycles. The summed E-state index contributed by atoms with van der Waals surface area (Å²) in [6.45, 7) is 1.01. The summed E-state index contributed by atoms with van der Waals surface area (Å²) in [5, 5.41) is 21.3. The summed E-state index contributed by atoms with van der Waals surface area (Å²) in [5.41, 5.74) is 2.32. The zero-order chi connectivity index (χ0) is 15.3. The van der Waals surface area contributed by atoms with Crippen molar-refractivity contribution in [2.24, 2.45) is 11.3 Å². The minimum absolute atomic E-state index is 0.174. The second-order valence-electron chi connectivity index (χ2n) is 7.38. The van der Waals surface area contributed by atoms with E-state index in [4.69, 9.17) is 4.74 Å². The van der Waals surface area contributed by atoms with Crippen molar-refractivity contribution in [1.29, 1.82) is 0 Å². The Morgan fingerprint density at radius 2 is 2.23 bits per heavy atom. The summed E-state index contributed by atoms with van der Waals surface area (Å²) in [6.07, 6.45) is 7.86. The number of hydrogen-bond donors (Lipinski definition) is 2. The number of halogens is 1. The number of alkyl halides is 1. The lowest BCUT2D eigenvalue weighted by atomic mass is 9.51. The average Bonchev–Trinajstić information content (AvgIpc) is 2.83. The van der Waals surface area contributed by atoms with E-state index in [-0.39, 0.29) is 11.5 Å². The SMILES string of the molecule is CN1CC[C@]23C4=C5O[C@H]2[C@@H](O)C=C[C@H]3[C@H]1CC4=CCC5(O)Br. The van der Waals surface area contributed by atoms with Crippen molar-refractivity contribution in [3.05, 3.63) is 35.1 Å². The molecule has 22 heavy (non-hydrogen) atoms. The Morgan fingerprint density at radius 3 is 3.05 bits per heavy atom. The van der Waals surface area contributed by atoms with E-state index in [1.165, 1.54) is 11.1 Å². The van der Waals surface area contributed by atoms with Crippen LogP contribution in [0.4, 0.5) is 0 Å². The molecule has 0 amide bonds. The number of likely N-dealkylation sites (tertiary alicyclic amines) is 1. The Labute approximate surface area is 138 Å². The van der Waals surface area contributed by atoms with Gasteiger partial charge in [-0.05, 0) is 47.9 Å². The molecule has 0 radical (unpaired) electrons. The van der Waals surface area contributed by atoms with Crippen LogP contribution in [0.25, 0.3) is 0 Å². The van der Waals surface area contributed by atoms with E-state index < -0.39 is 10.6 Å². The molecule has 5 rings (SSSR count). The molecule has 2 bridgehead atoms. The Balaban J connectivity index is 1.78. The van der Waals surface area contributed by atoms with E-state index in [0.29, 0.717) is 24.1 Å². The first-order valence-corrected chi connectivity index (χ1v) is 8.84. The van der Waals surface area contributed by atoms with Crippen LogP contribution < -0.4 is 0 Å². The van der Waals surface area contributed by atoms with E-state index in [1.807, 2.05) is 6.08 Å². The van der Waals surface area contributed by atoms with Gasteiger partial charge < -0.3 is 19.8 Å². The van der Waals surface area contributed by atoms with E-state index in [9.17, 15) is 10.2 Å². The first kappa shape index (κ1) is 13.8. The van der Waals surface area contributed by atoms with Gasteiger partial charge in [0.15, 0.2) is 4.51 Å². The first-order valence-electron chi connectivity index (χ1n) is 8.04. The molecule has 6 atom stereocenters. The van der Waals surface area contributed by atoms with Crippen molar-refractivity contribution in [2.45, 2.75) is 42.0 Å². The Morgan fingerprint density at radius 1 is 1.41 bits per heavy atom. The van der Waals surface area contributed by atoms with Crippen molar-refractivity contribution in [3.8, 4) is 0 Å². The molecule has 1 saturated carbocycles. The molecule has 0 aromatic carbocycles. The van der Waals surface area contributed by atoms with Gasteiger partial charge >= 0.3 is 0 Å². The zero-order valence-corrected chi connectivity index (χ0v) is 14.1. The quantitative estimate of drug-likeness (QED) is 0.506. The van der Waals surface area contributed by atoms with Gasteiger partial charge in [0.25, 0.3) is 0 Å².